The fraction of sp³-hybridized carbons (Fsp3) is 0.0667. The lowest BCUT2D eigenvalue weighted by Crippen LogP contribution is -1.97. The lowest BCUT2D eigenvalue weighted by atomic mass is 10.1. The van der Waals surface area contributed by atoms with Gasteiger partial charge < -0.3 is 4.42 Å². The van der Waals surface area contributed by atoms with Gasteiger partial charge in [0, 0.05) is 24.0 Å². The van der Waals surface area contributed by atoms with Crippen molar-refractivity contribution in [2.75, 3.05) is 0 Å². The third-order valence-corrected chi connectivity index (χ3v) is 3.98. The number of hydrogen-bond acceptors (Lipinski definition) is 8. The molecule has 120 valence electrons. The van der Waals surface area contributed by atoms with E-state index in [1.165, 1.54) is 25.1 Å². The fourth-order valence-corrected chi connectivity index (χ4v) is 2.68. The first-order chi connectivity index (χ1) is 11.5. The molecule has 0 N–H and O–H groups in total. The van der Waals surface area contributed by atoms with Gasteiger partial charge in [0.2, 0.25) is 5.89 Å². The molecule has 1 aromatic carbocycles. The predicted octanol–water partition coefficient (Wildman–Crippen LogP) is 3.39. The molecule has 2 aromatic heterocycles. The number of nitrogens with zero attached hydrogens (tertiary/aromatic N) is 4. The van der Waals surface area contributed by atoms with E-state index in [-0.39, 0.29) is 28.1 Å². The monoisotopic (exact) mass is 342 g/mol. The molecular formula is C15H10N4O4S. The molecule has 0 fully saturated rings. The minimum absolute atomic E-state index is 0.160. The van der Waals surface area contributed by atoms with Crippen LogP contribution in [0.4, 0.5) is 5.69 Å². The van der Waals surface area contributed by atoms with Crippen molar-refractivity contribution in [1.82, 2.24) is 15.2 Å². The molecule has 0 amide bonds. The number of benzene rings is 1. The standard InChI is InChI=1S/C15H10N4O4S/c1-9(20)10-4-5-13(12(7-10)19(21)22)24-15-18-17-14(23-15)11-3-2-6-16-8-11/h2-8H,1H3. The third-order valence-electron chi connectivity index (χ3n) is 3.07. The zero-order valence-corrected chi connectivity index (χ0v) is 13.2. The number of nitro benzene ring substituents is 1. The zero-order valence-electron chi connectivity index (χ0n) is 12.4. The molecule has 0 saturated carbocycles. The van der Waals surface area contributed by atoms with Crippen LogP contribution >= 0.6 is 11.8 Å². The smallest absolute Gasteiger partial charge is 0.284 e. The van der Waals surface area contributed by atoms with Gasteiger partial charge in [-0.25, -0.2) is 0 Å². The van der Waals surface area contributed by atoms with Gasteiger partial charge in [-0.15, -0.1) is 10.2 Å². The predicted molar refractivity (Wildman–Crippen MR) is 84.8 cm³/mol. The first-order valence-corrected chi connectivity index (χ1v) is 7.57. The van der Waals surface area contributed by atoms with Gasteiger partial charge in [0.15, 0.2) is 5.78 Å². The minimum Gasteiger partial charge on any atom is -0.411 e. The van der Waals surface area contributed by atoms with E-state index < -0.39 is 4.92 Å². The molecule has 3 aromatic rings. The molecule has 0 aliphatic rings. The van der Waals surface area contributed by atoms with Gasteiger partial charge in [-0.05, 0) is 43.0 Å². The summed E-state index contributed by atoms with van der Waals surface area (Å²) in [6.45, 7) is 1.35. The van der Waals surface area contributed by atoms with E-state index >= 15 is 0 Å². The summed E-state index contributed by atoms with van der Waals surface area (Å²) in [6.07, 6.45) is 3.20. The summed E-state index contributed by atoms with van der Waals surface area (Å²) in [4.78, 5) is 26.3. The van der Waals surface area contributed by atoms with Gasteiger partial charge in [-0.3, -0.25) is 19.9 Å². The Hall–Kier alpha value is -3.07. The van der Waals surface area contributed by atoms with Crippen molar-refractivity contribution in [2.45, 2.75) is 17.0 Å². The Morgan fingerprint density at radius 3 is 2.79 bits per heavy atom. The summed E-state index contributed by atoms with van der Waals surface area (Å²) in [7, 11) is 0. The Morgan fingerprint density at radius 2 is 2.12 bits per heavy atom. The lowest BCUT2D eigenvalue weighted by Gasteiger charge is -2.01. The molecule has 0 radical (unpaired) electrons. The molecule has 0 aliphatic carbocycles. The highest BCUT2D eigenvalue weighted by Gasteiger charge is 2.20. The van der Waals surface area contributed by atoms with Crippen LogP contribution in [0, 0.1) is 10.1 Å². The van der Waals surface area contributed by atoms with Gasteiger partial charge in [-0.1, -0.05) is 0 Å². The molecule has 0 bridgehead atoms. The Bertz CT molecular complexity index is 911. The molecular weight excluding hydrogens is 332 g/mol. The normalized spacial score (nSPS) is 10.5. The van der Waals surface area contributed by atoms with Crippen LogP contribution in [0.5, 0.6) is 0 Å². The first-order valence-electron chi connectivity index (χ1n) is 6.76. The third kappa shape index (κ3) is 3.30. The summed E-state index contributed by atoms with van der Waals surface area (Å²) in [5.41, 5.74) is 0.736. The Labute approximate surface area is 140 Å². The van der Waals surface area contributed by atoms with E-state index in [9.17, 15) is 14.9 Å². The number of Topliss-reactive ketones (excluding diaryl/α,β-unsaturated/α-hetero) is 1. The number of carbonyl (C=O) groups excluding carboxylic acids is 1. The highest BCUT2D eigenvalue weighted by atomic mass is 32.2. The van der Waals surface area contributed by atoms with E-state index in [1.54, 1.807) is 24.5 Å². The number of ketones is 1. The number of hydrogen-bond donors (Lipinski definition) is 0. The maximum absolute atomic E-state index is 11.4. The number of nitro groups is 1. The number of carbonyl (C=O) groups is 1. The first kappa shape index (κ1) is 15.8. The van der Waals surface area contributed by atoms with Crippen molar-refractivity contribution in [3.63, 3.8) is 0 Å². The van der Waals surface area contributed by atoms with E-state index in [2.05, 4.69) is 15.2 Å². The highest BCUT2D eigenvalue weighted by molar-refractivity contribution is 7.99. The van der Waals surface area contributed by atoms with Crippen LogP contribution in [0.15, 0.2) is 57.3 Å². The number of rotatable bonds is 5. The van der Waals surface area contributed by atoms with Gasteiger partial charge in [0.05, 0.1) is 15.4 Å². The Kier molecular flexibility index (Phi) is 4.34. The van der Waals surface area contributed by atoms with Crippen LogP contribution in [0.3, 0.4) is 0 Å². The van der Waals surface area contributed by atoms with Gasteiger partial charge in [-0.2, -0.15) is 0 Å². The number of pyridine rings is 1. The molecule has 8 nitrogen and oxygen atoms in total. The van der Waals surface area contributed by atoms with Gasteiger partial charge in [0.1, 0.15) is 0 Å². The molecule has 0 spiro atoms. The van der Waals surface area contributed by atoms with E-state index in [0.29, 0.717) is 10.5 Å². The topological polar surface area (TPSA) is 112 Å². The van der Waals surface area contributed by atoms with E-state index in [4.69, 9.17) is 4.42 Å². The van der Waals surface area contributed by atoms with Crippen molar-refractivity contribution in [1.29, 1.82) is 0 Å². The average Bonchev–Trinajstić information content (AvgIpc) is 3.04. The van der Waals surface area contributed by atoms with Gasteiger partial charge in [0.25, 0.3) is 10.9 Å². The van der Waals surface area contributed by atoms with Crippen molar-refractivity contribution < 1.29 is 14.1 Å². The summed E-state index contributed by atoms with van der Waals surface area (Å²) in [5.74, 6) is 0.0277. The van der Waals surface area contributed by atoms with E-state index in [1.807, 2.05) is 0 Å². The molecule has 2 heterocycles. The van der Waals surface area contributed by atoms with Crippen LogP contribution in [0.25, 0.3) is 11.5 Å². The summed E-state index contributed by atoms with van der Waals surface area (Å²) in [6, 6.07) is 7.75. The fourth-order valence-electron chi connectivity index (χ4n) is 1.92. The summed E-state index contributed by atoms with van der Waals surface area (Å²) < 4.78 is 5.50. The molecule has 24 heavy (non-hydrogen) atoms. The average molecular weight is 342 g/mol. The highest BCUT2D eigenvalue weighted by Crippen LogP contribution is 2.35. The lowest BCUT2D eigenvalue weighted by molar-refractivity contribution is -0.387. The largest absolute Gasteiger partial charge is 0.411 e. The van der Waals surface area contributed by atoms with E-state index in [0.717, 1.165) is 11.8 Å². The van der Waals surface area contributed by atoms with Crippen molar-refractivity contribution in [3.8, 4) is 11.5 Å². The molecule has 3 rings (SSSR count). The Morgan fingerprint density at radius 1 is 1.29 bits per heavy atom. The maximum atomic E-state index is 11.4. The van der Waals surface area contributed by atoms with Crippen molar-refractivity contribution in [2.24, 2.45) is 0 Å². The Balaban J connectivity index is 1.90. The molecule has 0 aliphatic heterocycles. The van der Waals surface area contributed by atoms with Crippen LogP contribution in [-0.4, -0.2) is 25.9 Å². The molecule has 0 saturated heterocycles. The van der Waals surface area contributed by atoms with Crippen molar-refractivity contribution in [3.05, 3.63) is 58.4 Å². The summed E-state index contributed by atoms with van der Waals surface area (Å²) in [5, 5.41) is 19.2. The second kappa shape index (κ2) is 6.59. The maximum Gasteiger partial charge on any atom is 0.284 e. The quantitative estimate of drug-likeness (QED) is 0.394. The number of aromatic nitrogens is 3. The van der Waals surface area contributed by atoms with Crippen LogP contribution in [-0.2, 0) is 0 Å². The van der Waals surface area contributed by atoms with Crippen LogP contribution < -0.4 is 0 Å². The second-order valence-corrected chi connectivity index (χ2v) is 5.71. The molecule has 0 unspecified atom stereocenters. The molecule has 9 heteroatoms. The van der Waals surface area contributed by atoms with Crippen LogP contribution in [0.2, 0.25) is 0 Å². The van der Waals surface area contributed by atoms with Gasteiger partial charge >= 0.3 is 0 Å². The molecule has 0 atom stereocenters. The minimum atomic E-state index is -0.548. The van der Waals surface area contributed by atoms with Crippen LogP contribution in [0.1, 0.15) is 17.3 Å². The zero-order chi connectivity index (χ0) is 17.1. The summed E-state index contributed by atoms with van der Waals surface area (Å²) >= 11 is 0.965. The van der Waals surface area contributed by atoms with Crippen molar-refractivity contribution >= 4 is 23.2 Å². The SMILES string of the molecule is CC(=O)c1ccc(Sc2nnc(-c3cccnc3)o2)c([N+](=O)[O-])c1. The second-order valence-electron chi connectivity index (χ2n) is 4.71.